The summed E-state index contributed by atoms with van der Waals surface area (Å²) in [6, 6.07) is 0.578. The maximum absolute atomic E-state index is 5.53. The zero-order chi connectivity index (χ0) is 13.7. The fraction of sp³-hybridized carbons (Fsp3) is 1.00. The zero-order valence-corrected chi connectivity index (χ0v) is 13.1. The van der Waals surface area contributed by atoms with Gasteiger partial charge in [0, 0.05) is 24.8 Å². The second-order valence-corrected chi connectivity index (χ2v) is 6.77. The molecule has 19 heavy (non-hydrogen) atoms. The fourth-order valence-corrected chi connectivity index (χ4v) is 4.06. The number of likely N-dealkylation sites (N-methyl/N-ethyl adjacent to an activating group) is 1. The van der Waals surface area contributed by atoms with Crippen molar-refractivity contribution in [2.24, 2.45) is 5.92 Å². The van der Waals surface area contributed by atoms with E-state index in [1.54, 1.807) is 0 Å². The highest BCUT2D eigenvalue weighted by atomic mass is 16.5. The molecule has 0 bridgehead atoms. The zero-order valence-electron chi connectivity index (χ0n) is 13.1. The van der Waals surface area contributed by atoms with Crippen molar-refractivity contribution in [1.82, 2.24) is 10.2 Å². The first-order chi connectivity index (χ1) is 9.16. The second kappa shape index (κ2) is 7.05. The quantitative estimate of drug-likeness (QED) is 0.848. The normalized spacial score (nSPS) is 26.1. The topological polar surface area (TPSA) is 24.5 Å². The third kappa shape index (κ3) is 3.71. The van der Waals surface area contributed by atoms with E-state index in [1.165, 1.54) is 51.6 Å². The summed E-state index contributed by atoms with van der Waals surface area (Å²) < 4.78 is 5.53. The molecule has 0 aromatic rings. The predicted octanol–water partition coefficient (Wildman–Crippen LogP) is 2.66. The van der Waals surface area contributed by atoms with Crippen molar-refractivity contribution in [3.05, 3.63) is 0 Å². The minimum atomic E-state index is 0.251. The Morgan fingerprint density at radius 2 is 1.63 bits per heavy atom. The molecule has 2 aliphatic rings. The summed E-state index contributed by atoms with van der Waals surface area (Å²) >= 11 is 0. The van der Waals surface area contributed by atoms with Crippen LogP contribution >= 0.6 is 0 Å². The maximum Gasteiger partial charge on any atom is 0.0469 e. The highest BCUT2D eigenvalue weighted by Crippen LogP contribution is 2.31. The first-order valence-electron chi connectivity index (χ1n) is 8.16. The number of hydrogen-bond acceptors (Lipinski definition) is 3. The Morgan fingerprint density at radius 1 is 1.05 bits per heavy atom. The minimum absolute atomic E-state index is 0.251. The molecule has 3 nitrogen and oxygen atoms in total. The third-order valence-corrected chi connectivity index (χ3v) is 5.23. The van der Waals surface area contributed by atoms with Crippen LogP contribution in [0.4, 0.5) is 0 Å². The smallest absolute Gasteiger partial charge is 0.0469 e. The fourth-order valence-electron chi connectivity index (χ4n) is 4.06. The third-order valence-electron chi connectivity index (χ3n) is 5.23. The molecule has 3 heteroatoms. The van der Waals surface area contributed by atoms with Gasteiger partial charge in [0.15, 0.2) is 0 Å². The van der Waals surface area contributed by atoms with Gasteiger partial charge >= 0.3 is 0 Å². The molecule has 2 saturated heterocycles. The molecular formula is C16H32N2O. The maximum atomic E-state index is 5.53. The number of nitrogens with zero attached hydrogens (tertiary/aromatic N) is 1. The lowest BCUT2D eigenvalue weighted by molar-refractivity contribution is 0.00856. The van der Waals surface area contributed by atoms with Crippen LogP contribution in [0, 0.1) is 5.92 Å². The summed E-state index contributed by atoms with van der Waals surface area (Å²) in [5.41, 5.74) is 0.251. The molecule has 0 aromatic heterocycles. The van der Waals surface area contributed by atoms with E-state index in [1.807, 2.05) is 0 Å². The van der Waals surface area contributed by atoms with E-state index in [9.17, 15) is 0 Å². The molecule has 0 aliphatic carbocycles. The van der Waals surface area contributed by atoms with Gasteiger partial charge < -0.3 is 10.1 Å². The van der Waals surface area contributed by atoms with Crippen LogP contribution < -0.4 is 5.32 Å². The largest absolute Gasteiger partial charge is 0.381 e. The molecule has 2 aliphatic heterocycles. The Hall–Kier alpha value is -0.120. The van der Waals surface area contributed by atoms with Gasteiger partial charge in [-0.25, -0.2) is 0 Å². The Labute approximate surface area is 119 Å². The van der Waals surface area contributed by atoms with E-state index >= 15 is 0 Å². The molecule has 2 fully saturated rings. The standard InChI is InChI=1S/C16H32N2O/c1-16(2,18-10-6-4-5-7-11-18)15(17-3)14-8-12-19-13-9-14/h14-15,17H,4-13H2,1-3H3. The minimum Gasteiger partial charge on any atom is -0.381 e. The summed E-state index contributed by atoms with van der Waals surface area (Å²) in [4.78, 5) is 2.73. The van der Waals surface area contributed by atoms with Gasteiger partial charge in [-0.2, -0.15) is 0 Å². The van der Waals surface area contributed by atoms with Crippen molar-refractivity contribution >= 4 is 0 Å². The molecule has 1 unspecified atom stereocenters. The van der Waals surface area contributed by atoms with Crippen molar-refractivity contribution < 1.29 is 4.74 Å². The molecule has 0 radical (unpaired) electrons. The van der Waals surface area contributed by atoms with E-state index in [0.717, 1.165) is 19.1 Å². The number of ether oxygens (including phenoxy) is 1. The molecule has 2 heterocycles. The van der Waals surface area contributed by atoms with E-state index in [-0.39, 0.29) is 5.54 Å². The van der Waals surface area contributed by atoms with Crippen molar-refractivity contribution in [3.63, 3.8) is 0 Å². The number of nitrogens with one attached hydrogen (secondary N) is 1. The van der Waals surface area contributed by atoms with Gasteiger partial charge in [0.1, 0.15) is 0 Å². The molecule has 0 aromatic carbocycles. The molecule has 1 atom stereocenters. The highest BCUT2D eigenvalue weighted by molar-refractivity contribution is 4.97. The lowest BCUT2D eigenvalue weighted by Gasteiger charge is -2.47. The highest BCUT2D eigenvalue weighted by Gasteiger charge is 2.39. The van der Waals surface area contributed by atoms with Gasteiger partial charge in [0.2, 0.25) is 0 Å². The van der Waals surface area contributed by atoms with Crippen LogP contribution in [0.3, 0.4) is 0 Å². The monoisotopic (exact) mass is 268 g/mol. The molecular weight excluding hydrogens is 236 g/mol. The van der Waals surface area contributed by atoms with E-state index in [2.05, 4.69) is 31.1 Å². The number of hydrogen-bond donors (Lipinski definition) is 1. The summed E-state index contributed by atoms with van der Waals surface area (Å²) in [6.07, 6.45) is 7.98. The lowest BCUT2D eigenvalue weighted by atomic mass is 9.79. The van der Waals surface area contributed by atoms with E-state index in [0.29, 0.717) is 6.04 Å². The van der Waals surface area contributed by atoms with Crippen LogP contribution in [0.15, 0.2) is 0 Å². The van der Waals surface area contributed by atoms with Crippen molar-refractivity contribution in [3.8, 4) is 0 Å². The lowest BCUT2D eigenvalue weighted by Crippen LogP contribution is -2.60. The van der Waals surface area contributed by atoms with Gasteiger partial charge in [-0.1, -0.05) is 12.8 Å². The Bertz CT molecular complexity index is 253. The summed E-state index contributed by atoms with van der Waals surface area (Å²) in [6.45, 7) is 9.31. The van der Waals surface area contributed by atoms with Crippen LogP contribution in [0.2, 0.25) is 0 Å². The van der Waals surface area contributed by atoms with Crippen LogP contribution in [0.1, 0.15) is 52.4 Å². The van der Waals surface area contributed by atoms with Crippen LogP contribution in [0.25, 0.3) is 0 Å². The first-order valence-corrected chi connectivity index (χ1v) is 8.16. The molecule has 112 valence electrons. The van der Waals surface area contributed by atoms with Gasteiger partial charge in [-0.15, -0.1) is 0 Å². The van der Waals surface area contributed by atoms with Crippen LogP contribution in [-0.2, 0) is 4.74 Å². The Morgan fingerprint density at radius 3 is 2.16 bits per heavy atom. The van der Waals surface area contributed by atoms with Crippen LogP contribution in [-0.4, -0.2) is 49.8 Å². The van der Waals surface area contributed by atoms with E-state index < -0.39 is 0 Å². The Kier molecular flexibility index (Phi) is 5.67. The van der Waals surface area contributed by atoms with Gasteiger partial charge in [-0.05, 0) is 65.6 Å². The second-order valence-electron chi connectivity index (χ2n) is 6.77. The SMILES string of the molecule is CNC(C1CCOCC1)C(C)(C)N1CCCCCC1. The first kappa shape index (κ1) is 15.3. The number of likely N-dealkylation sites (tertiary alicyclic amines) is 1. The molecule has 0 spiro atoms. The molecule has 2 rings (SSSR count). The van der Waals surface area contributed by atoms with Crippen molar-refractivity contribution in [2.75, 3.05) is 33.4 Å². The summed E-state index contributed by atoms with van der Waals surface area (Å²) in [7, 11) is 2.14. The average molecular weight is 268 g/mol. The van der Waals surface area contributed by atoms with Crippen molar-refractivity contribution in [1.29, 1.82) is 0 Å². The molecule has 0 amide bonds. The molecule has 0 saturated carbocycles. The molecule has 1 N–H and O–H groups in total. The number of rotatable bonds is 4. The van der Waals surface area contributed by atoms with Crippen molar-refractivity contribution in [2.45, 2.75) is 64.0 Å². The van der Waals surface area contributed by atoms with E-state index in [4.69, 9.17) is 4.74 Å². The van der Waals surface area contributed by atoms with Gasteiger partial charge in [-0.3, -0.25) is 4.90 Å². The van der Waals surface area contributed by atoms with Gasteiger partial charge in [0.25, 0.3) is 0 Å². The van der Waals surface area contributed by atoms with Crippen LogP contribution in [0.5, 0.6) is 0 Å². The predicted molar refractivity (Wildman–Crippen MR) is 80.5 cm³/mol. The summed E-state index contributed by atoms with van der Waals surface area (Å²) in [5, 5.41) is 3.63. The summed E-state index contributed by atoms with van der Waals surface area (Å²) in [5.74, 6) is 0.761. The average Bonchev–Trinajstić information content (AvgIpc) is 2.70. The Balaban J connectivity index is 2.04. The van der Waals surface area contributed by atoms with Gasteiger partial charge in [0.05, 0.1) is 0 Å².